The molecule has 0 saturated carbocycles. The monoisotopic (exact) mass is 205 g/mol. The SMILES string of the molecule is CC[C@@H](C#N)[P@@](C)(=S)OC(C)C. The summed E-state index contributed by atoms with van der Waals surface area (Å²) < 4.78 is 5.59. The molecule has 0 heterocycles. The Kier molecular flexibility index (Phi) is 5.01. The van der Waals surface area contributed by atoms with Gasteiger partial charge < -0.3 is 4.52 Å². The summed E-state index contributed by atoms with van der Waals surface area (Å²) in [7, 11) is 0. The van der Waals surface area contributed by atoms with Crippen molar-refractivity contribution in [2.75, 3.05) is 6.66 Å². The molecule has 4 heteroatoms. The molecule has 12 heavy (non-hydrogen) atoms. The second-order valence-corrected chi connectivity index (χ2v) is 7.94. The van der Waals surface area contributed by atoms with Crippen LogP contribution in [0.25, 0.3) is 0 Å². The van der Waals surface area contributed by atoms with E-state index in [1.165, 1.54) is 0 Å². The topological polar surface area (TPSA) is 33.0 Å². The quantitative estimate of drug-likeness (QED) is 0.661. The minimum absolute atomic E-state index is 0.0881. The fourth-order valence-corrected chi connectivity index (χ4v) is 3.98. The summed E-state index contributed by atoms with van der Waals surface area (Å²) in [5, 5.41) is 8.81. The first kappa shape index (κ1) is 12.1. The molecular weight excluding hydrogens is 189 g/mol. The smallest absolute Gasteiger partial charge is 0.0971 e. The van der Waals surface area contributed by atoms with Crippen molar-refractivity contribution >= 4 is 18.1 Å². The van der Waals surface area contributed by atoms with E-state index < -0.39 is 6.26 Å². The van der Waals surface area contributed by atoms with Crippen molar-refractivity contribution in [2.45, 2.75) is 39.0 Å². The standard InChI is InChI=1S/C8H16NOPS/c1-5-8(6-9)11(4,12)10-7(2)3/h7-8H,5H2,1-4H3/t8-,11+/m0/s1. The van der Waals surface area contributed by atoms with Crippen LogP contribution in [0.5, 0.6) is 0 Å². The van der Waals surface area contributed by atoms with Crippen LogP contribution >= 0.6 is 6.26 Å². The minimum Gasteiger partial charge on any atom is -0.347 e. The third kappa shape index (κ3) is 3.67. The summed E-state index contributed by atoms with van der Waals surface area (Å²) in [5.74, 6) is 0. The van der Waals surface area contributed by atoms with E-state index in [0.29, 0.717) is 0 Å². The molecule has 0 aliphatic carbocycles. The molecule has 0 amide bonds. The van der Waals surface area contributed by atoms with E-state index in [4.69, 9.17) is 21.6 Å². The highest BCUT2D eigenvalue weighted by atomic mass is 32.4. The number of nitrogens with zero attached hydrogens (tertiary/aromatic N) is 1. The Bertz CT molecular complexity index is 222. The number of hydrogen-bond donors (Lipinski definition) is 0. The molecule has 0 rings (SSSR count). The molecule has 2 atom stereocenters. The summed E-state index contributed by atoms with van der Waals surface area (Å²) in [6.45, 7) is 7.78. The summed E-state index contributed by atoms with van der Waals surface area (Å²) in [6.07, 6.45) is -0.970. The van der Waals surface area contributed by atoms with Crippen molar-refractivity contribution in [3.05, 3.63) is 0 Å². The van der Waals surface area contributed by atoms with E-state index in [9.17, 15) is 0 Å². The molecule has 2 nitrogen and oxygen atoms in total. The van der Waals surface area contributed by atoms with Crippen molar-refractivity contribution in [3.63, 3.8) is 0 Å². The molecular formula is C8H16NOPS. The largest absolute Gasteiger partial charge is 0.347 e. The van der Waals surface area contributed by atoms with Crippen LogP contribution in [-0.2, 0) is 16.3 Å². The van der Waals surface area contributed by atoms with Gasteiger partial charge in [0.15, 0.2) is 0 Å². The molecule has 0 N–H and O–H groups in total. The first-order valence-corrected chi connectivity index (χ1v) is 7.33. The van der Waals surface area contributed by atoms with Gasteiger partial charge in [0.05, 0.1) is 24.1 Å². The summed E-state index contributed by atoms with van der Waals surface area (Å²) in [6, 6.07) is 2.22. The van der Waals surface area contributed by atoms with E-state index in [-0.39, 0.29) is 11.8 Å². The zero-order valence-electron chi connectivity index (χ0n) is 8.07. The second kappa shape index (κ2) is 4.97. The summed E-state index contributed by atoms with van der Waals surface area (Å²) in [4.78, 5) is 0. The molecule has 0 bridgehead atoms. The molecule has 0 aliphatic heterocycles. The third-order valence-corrected chi connectivity index (χ3v) is 5.00. The number of nitriles is 1. The zero-order valence-corrected chi connectivity index (χ0v) is 9.78. The van der Waals surface area contributed by atoms with Crippen molar-refractivity contribution in [2.24, 2.45) is 0 Å². The van der Waals surface area contributed by atoms with Gasteiger partial charge in [-0.15, -0.1) is 0 Å². The van der Waals surface area contributed by atoms with E-state index in [0.717, 1.165) is 6.42 Å². The van der Waals surface area contributed by atoms with Gasteiger partial charge in [-0.05, 0) is 26.9 Å². The van der Waals surface area contributed by atoms with Crippen molar-refractivity contribution in [1.29, 1.82) is 5.26 Å². The van der Waals surface area contributed by atoms with Gasteiger partial charge in [-0.1, -0.05) is 18.7 Å². The first-order chi connectivity index (χ1) is 5.44. The van der Waals surface area contributed by atoms with E-state index in [1.807, 2.05) is 27.4 Å². The van der Waals surface area contributed by atoms with Gasteiger partial charge in [0.25, 0.3) is 0 Å². The predicted octanol–water partition coefficient (Wildman–Crippen LogP) is 2.74. The van der Waals surface area contributed by atoms with Crippen LogP contribution in [0.2, 0.25) is 0 Å². The van der Waals surface area contributed by atoms with Crippen LogP contribution in [0.4, 0.5) is 0 Å². The Hall–Kier alpha value is 0.100. The van der Waals surface area contributed by atoms with Gasteiger partial charge in [0.2, 0.25) is 0 Å². The molecule has 0 aromatic carbocycles. The van der Waals surface area contributed by atoms with E-state index in [2.05, 4.69) is 6.07 Å². The molecule has 0 fully saturated rings. The van der Waals surface area contributed by atoms with Gasteiger partial charge in [-0.25, -0.2) is 0 Å². The Balaban J connectivity index is 4.39. The van der Waals surface area contributed by atoms with Gasteiger partial charge in [-0.2, -0.15) is 5.26 Å². The highest BCUT2D eigenvalue weighted by molar-refractivity contribution is 8.12. The molecule has 0 unspecified atom stereocenters. The fourth-order valence-electron chi connectivity index (χ4n) is 1.02. The van der Waals surface area contributed by atoms with Crippen LogP contribution in [0.1, 0.15) is 27.2 Å². The molecule has 0 radical (unpaired) electrons. The molecule has 0 saturated heterocycles. The van der Waals surface area contributed by atoms with Crippen LogP contribution < -0.4 is 0 Å². The van der Waals surface area contributed by atoms with Gasteiger partial charge in [0, 0.05) is 0 Å². The Morgan fingerprint density at radius 3 is 2.33 bits per heavy atom. The predicted molar refractivity (Wildman–Crippen MR) is 56.1 cm³/mol. The highest BCUT2D eigenvalue weighted by Crippen LogP contribution is 2.50. The highest BCUT2D eigenvalue weighted by Gasteiger charge is 2.23. The third-order valence-electron chi connectivity index (χ3n) is 1.52. The Morgan fingerprint density at radius 1 is 1.58 bits per heavy atom. The zero-order chi connectivity index (χ0) is 9.78. The summed E-state index contributed by atoms with van der Waals surface area (Å²) in [5.41, 5.74) is -0.0881. The second-order valence-electron chi connectivity index (χ2n) is 3.12. The minimum atomic E-state index is -1.89. The van der Waals surface area contributed by atoms with Crippen LogP contribution in [-0.4, -0.2) is 18.4 Å². The molecule has 0 aromatic rings. The lowest BCUT2D eigenvalue weighted by molar-refractivity contribution is 0.269. The Labute approximate surface area is 80.0 Å². The van der Waals surface area contributed by atoms with Crippen molar-refractivity contribution in [1.82, 2.24) is 0 Å². The average Bonchev–Trinajstić information content (AvgIpc) is 1.85. The molecule has 0 spiro atoms. The lowest BCUT2D eigenvalue weighted by atomic mass is 10.4. The van der Waals surface area contributed by atoms with Crippen LogP contribution in [0.15, 0.2) is 0 Å². The van der Waals surface area contributed by atoms with Crippen LogP contribution in [0, 0.1) is 11.3 Å². The average molecular weight is 205 g/mol. The van der Waals surface area contributed by atoms with E-state index in [1.54, 1.807) is 0 Å². The fraction of sp³-hybridized carbons (Fsp3) is 0.875. The number of hydrogen-bond acceptors (Lipinski definition) is 3. The maximum Gasteiger partial charge on any atom is 0.0971 e. The van der Waals surface area contributed by atoms with Crippen molar-refractivity contribution < 1.29 is 4.52 Å². The van der Waals surface area contributed by atoms with Crippen molar-refractivity contribution in [3.8, 4) is 6.07 Å². The maximum atomic E-state index is 8.81. The Morgan fingerprint density at radius 2 is 2.08 bits per heavy atom. The van der Waals surface area contributed by atoms with Gasteiger partial charge in [0.1, 0.15) is 0 Å². The number of rotatable bonds is 4. The van der Waals surface area contributed by atoms with Crippen LogP contribution in [0.3, 0.4) is 0 Å². The lowest BCUT2D eigenvalue weighted by Gasteiger charge is -2.23. The lowest BCUT2D eigenvalue weighted by Crippen LogP contribution is -2.10. The van der Waals surface area contributed by atoms with E-state index >= 15 is 0 Å². The maximum absolute atomic E-state index is 8.81. The molecule has 70 valence electrons. The summed E-state index contributed by atoms with van der Waals surface area (Å²) >= 11 is 5.31. The molecule has 0 aliphatic rings. The first-order valence-electron chi connectivity index (χ1n) is 4.09. The normalized spacial score (nSPS) is 18.3. The van der Waals surface area contributed by atoms with Gasteiger partial charge >= 0.3 is 0 Å². The molecule has 0 aromatic heterocycles. The van der Waals surface area contributed by atoms with Gasteiger partial charge in [-0.3, -0.25) is 0 Å².